The molecule has 0 radical (unpaired) electrons. The van der Waals surface area contributed by atoms with E-state index in [2.05, 4.69) is 0 Å². The summed E-state index contributed by atoms with van der Waals surface area (Å²) in [5, 5.41) is 0. The van der Waals surface area contributed by atoms with Crippen LogP contribution >= 0.6 is 0 Å². The van der Waals surface area contributed by atoms with Crippen molar-refractivity contribution in [3.05, 3.63) is 120 Å². The van der Waals surface area contributed by atoms with E-state index in [0.717, 1.165) is 4.31 Å². The third kappa shape index (κ3) is 6.32. The summed E-state index contributed by atoms with van der Waals surface area (Å²) in [4.78, 5) is 62.0. The maximum atomic E-state index is 14.5. The second-order valence-corrected chi connectivity index (χ2v) is 14.0. The third-order valence-corrected chi connectivity index (χ3v) is 10.4. The highest BCUT2D eigenvalue weighted by atomic mass is 32.2. The summed E-state index contributed by atoms with van der Waals surface area (Å²) < 4.78 is 26.8. The number of sulfonamides is 1. The number of nitrogens with zero attached hydrogens (tertiary/aromatic N) is 5. The Kier molecular flexibility index (Phi) is 9.11. The Morgan fingerprint density at radius 3 is 1.94 bits per heavy atom. The number of piperazine rings is 1. The molecule has 11 nitrogen and oxygen atoms in total. The van der Waals surface area contributed by atoms with E-state index in [9.17, 15) is 27.6 Å². The predicted molar refractivity (Wildman–Crippen MR) is 183 cm³/mol. The average Bonchev–Trinajstić information content (AvgIpc) is 3.22. The van der Waals surface area contributed by atoms with E-state index in [4.69, 9.17) is 0 Å². The quantitative estimate of drug-likeness (QED) is 0.283. The molecule has 2 aliphatic rings. The highest BCUT2D eigenvalue weighted by Crippen LogP contribution is 2.37. The normalized spacial score (nSPS) is 16.2. The van der Waals surface area contributed by atoms with Crippen molar-refractivity contribution in [2.45, 2.75) is 12.5 Å². The molecule has 0 saturated carbocycles. The molecule has 0 aliphatic carbocycles. The number of hydrogen-bond donors (Lipinski definition) is 0. The average molecular weight is 666 g/mol. The summed E-state index contributed by atoms with van der Waals surface area (Å²) in [5.74, 6) is -1.70. The Bertz CT molecular complexity index is 1930. The van der Waals surface area contributed by atoms with Crippen molar-refractivity contribution in [3.63, 3.8) is 0 Å². The highest BCUT2D eigenvalue weighted by Gasteiger charge is 2.42. The fourth-order valence-corrected chi connectivity index (χ4v) is 6.86. The van der Waals surface area contributed by atoms with Gasteiger partial charge in [-0.25, -0.2) is 22.3 Å². The largest absolute Gasteiger partial charge is 0.329 e. The van der Waals surface area contributed by atoms with E-state index in [0.29, 0.717) is 33.9 Å². The maximum Gasteiger partial charge on any atom is 0.329 e. The zero-order chi connectivity index (χ0) is 34.0. The minimum Gasteiger partial charge on any atom is -0.320 e. The van der Waals surface area contributed by atoms with Crippen LogP contribution in [0.5, 0.6) is 0 Å². The lowest BCUT2D eigenvalue weighted by molar-refractivity contribution is -0.122. The molecule has 0 N–H and O–H groups in total. The number of hydrogen-bond acceptors (Lipinski definition) is 6. The molecule has 0 unspecified atom stereocenters. The second kappa shape index (κ2) is 13.4. The van der Waals surface area contributed by atoms with Crippen LogP contribution in [0.2, 0.25) is 0 Å². The van der Waals surface area contributed by atoms with Crippen molar-refractivity contribution in [1.82, 2.24) is 14.1 Å². The minimum atomic E-state index is -3.99. The van der Waals surface area contributed by atoms with Gasteiger partial charge in [0.15, 0.2) is 11.6 Å². The van der Waals surface area contributed by atoms with Crippen LogP contribution in [0.1, 0.15) is 15.9 Å². The minimum absolute atomic E-state index is 0.0464. The number of amides is 4. The van der Waals surface area contributed by atoms with Crippen LogP contribution in [0.15, 0.2) is 109 Å². The number of ketones is 2. The van der Waals surface area contributed by atoms with Crippen molar-refractivity contribution < 1.29 is 27.6 Å². The number of para-hydroxylation sites is 4. The molecule has 12 heteroatoms. The summed E-state index contributed by atoms with van der Waals surface area (Å²) in [6.45, 7) is -0.241. The molecule has 48 heavy (non-hydrogen) atoms. The summed E-state index contributed by atoms with van der Waals surface area (Å²) in [6, 6.07) is 29.7. The first-order valence-electron chi connectivity index (χ1n) is 15.5. The summed E-state index contributed by atoms with van der Waals surface area (Å²) in [5.41, 5.74) is 3.13. The van der Waals surface area contributed by atoms with Crippen LogP contribution in [-0.4, -0.2) is 91.7 Å². The summed E-state index contributed by atoms with van der Waals surface area (Å²) in [7, 11) is -1.31. The smallest absolute Gasteiger partial charge is 0.320 e. The van der Waals surface area contributed by atoms with Gasteiger partial charge in [0.2, 0.25) is 10.0 Å². The molecule has 6 rings (SSSR count). The lowest BCUT2D eigenvalue weighted by atomic mass is 10.0. The molecular weight excluding hydrogens is 630 g/mol. The van der Waals surface area contributed by atoms with Crippen molar-refractivity contribution in [2.24, 2.45) is 0 Å². The van der Waals surface area contributed by atoms with Crippen molar-refractivity contribution in [2.75, 3.05) is 49.3 Å². The molecule has 0 aromatic heterocycles. The van der Waals surface area contributed by atoms with Gasteiger partial charge >= 0.3 is 12.1 Å². The van der Waals surface area contributed by atoms with Gasteiger partial charge in [-0.2, -0.15) is 0 Å². The summed E-state index contributed by atoms with van der Waals surface area (Å²) in [6.07, 6.45) is 0.109. The Labute approximate surface area is 279 Å². The van der Waals surface area contributed by atoms with Crippen LogP contribution in [-0.2, 0) is 21.2 Å². The Morgan fingerprint density at radius 1 is 0.750 bits per heavy atom. The van der Waals surface area contributed by atoms with E-state index < -0.39 is 39.7 Å². The Morgan fingerprint density at radius 2 is 1.31 bits per heavy atom. The number of fused-ring (bicyclic) bond motifs is 2. The van der Waals surface area contributed by atoms with Gasteiger partial charge in [-0.3, -0.25) is 19.4 Å². The molecule has 1 saturated heterocycles. The van der Waals surface area contributed by atoms with Crippen molar-refractivity contribution in [3.8, 4) is 0 Å². The van der Waals surface area contributed by atoms with Gasteiger partial charge in [0.05, 0.1) is 29.3 Å². The van der Waals surface area contributed by atoms with Gasteiger partial charge in [-0.1, -0.05) is 66.7 Å². The maximum absolute atomic E-state index is 14.5. The van der Waals surface area contributed by atoms with Crippen LogP contribution in [0.25, 0.3) is 0 Å². The zero-order valence-electron chi connectivity index (χ0n) is 26.6. The van der Waals surface area contributed by atoms with E-state index in [1.54, 1.807) is 97.1 Å². The highest BCUT2D eigenvalue weighted by molar-refractivity contribution is 7.89. The monoisotopic (exact) mass is 665 g/mol. The molecule has 4 aromatic rings. The van der Waals surface area contributed by atoms with Gasteiger partial charge < -0.3 is 9.80 Å². The van der Waals surface area contributed by atoms with Gasteiger partial charge in [-0.15, -0.1) is 0 Å². The molecule has 246 valence electrons. The van der Waals surface area contributed by atoms with Gasteiger partial charge in [-0.05, 0) is 48.0 Å². The van der Waals surface area contributed by atoms with E-state index in [1.165, 1.54) is 33.7 Å². The van der Waals surface area contributed by atoms with Gasteiger partial charge in [0.25, 0.3) is 0 Å². The number of Topliss-reactive ketones (excluding diaryl/α,β-unsaturated/α-hetero) is 2. The van der Waals surface area contributed by atoms with Crippen LogP contribution in [0, 0.1) is 0 Å². The van der Waals surface area contributed by atoms with Crippen LogP contribution in [0.4, 0.5) is 32.3 Å². The number of benzene rings is 4. The molecule has 1 fully saturated rings. The van der Waals surface area contributed by atoms with E-state index in [-0.39, 0.29) is 31.8 Å². The standard InChI is InChI=1S/C36H35N5O6S/c1-37(2)48(46,47)25-34(43)32-24-38(21-22-39(32)36(45)40(27-14-5-3-6-15-27)28-16-7-4-8-17-28)35(44)41-30-19-11-9-13-26(30)23-33(42)29-18-10-12-20-31(29)41/h3-20,32H,21-25H2,1-2H3/t32-/m0/s1. The number of anilines is 4. The lowest BCUT2D eigenvalue weighted by Crippen LogP contribution is -2.63. The molecule has 1 atom stereocenters. The molecule has 4 aromatic carbocycles. The van der Waals surface area contributed by atoms with Gasteiger partial charge in [0.1, 0.15) is 11.8 Å². The molecule has 4 amide bonds. The SMILES string of the molecule is CN(C)S(=O)(=O)CC(=O)[C@@H]1CN(C(=O)N2c3ccccc3CC(=O)c3ccccc32)CCN1C(=O)N(c1ccccc1)c1ccccc1. The number of carbonyl (C=O) groups excluding carboxylic acids is 4. The third-order valence-electron chi connectivity index (χ3n) is 8.59. The number of carbonyl (C=O) groups is 4. The Balaban J connectivity index is 1.39. The topological polar surface area (TPSA) is 119 Å². The lowest BCUT2D eigenvalue weighted by Gasteiger charge is -2.43. The van der Waals surface area contributed by atoms with Gasteiger partial charge in [0, 0.05) is 39.2 Å². The Hall–Kier alpha value is -5.33. The molecule has 2 heterocycles. The first-order valence-corrected chi connectivity index (χ1v) is 17.1. The fourth-order valence-electron chi connectivity index (χ4n) is 6.05. The van der Waals surface area contributed by atoms with E-state index in [1.807, 2.05) is 12.1 Å². The summed E-state index contributed by atoms with van der Waals surface area (Å²) >= 11 is 0. The number of urea groups is 2. The van der Waals surface area contributed by atoms with Crippen molar-refractivity contribution in [1.29, 1.82) is 0 Å². The fraction of sp³-hybridized carbons (Fsp3) is 0.222. The molecular formula is C36H35N5O6S. The first kappa shape index (κ1) is 32.6. The molecule has 0 spiro atoms. The van der Waals surface area contributed by atoms with Crippen LogP contribution in [0.3, 0.4) is 0 Å². The number of rotatable bonds is 6. The zero-order valence-corrected chi connectivity index (χ0v) is 27.4. The first-order chi connectivity index (χ1) is 23.1. The molecule has 2 aliphatic heterocycles. The van der Waals surface area contributed by atoms with Crippen LogP contribution < -0.4 is 9.80 Å². The second-order valence-electron chi connectivity index (χ2n) is 11.8. The van der Waals surface area contributed by atoms with E-state index >= 15 is 0 Å². The molecule has 0 bridgehead atoms. The predicted octanol–water partition coefficient (Wildman–Crippen LogP) is 5.09. The van der Waals surface area contributed by atoms with Crippen molar-refractivity contribution >= 4 is 56.4 Å².